The molecule has 0 aromatic heterocycles. The van der Waals surface area contributed by atoms with Crippen LogP contribution < -0.4 is 5.32 Å². The molecular formula is C15H21NO2. The first-order valence-electron chi connectivity index (χ1n) is 6.65. The highest BCUT2D eigenvalue weighted by molar-refractivity contribution is 5.79. The van der Waals surface area contributed by atoms with Gasteiger partial charge in [0.25, 0.3) is 0 Å². The largest absolute Gasteiger partial charge is 0.396 e. The van der Waals surface area contributed by atoms with E-state index in [1.165, 1.54) is 12.8 Å². The lowest BCUT2D eigenvalue weighted by atomic mass is 10.0. The molecule has 1 aromatic carbocycles. The van der Waals surface area contributed by atoms with Gasteiger partial charge in [-0.3, -0.25) is 4.79 Å². The number of carbonyl (C=O) groups excluding carboxylic acids is 1. The van der Waals surface area contributed by atoms with E-state index in [1.807, 2.05) is 31.2 Å². The van der Waals surface area contributed by atoms with E-state index >= 15 is 0 Å². The predicted octanol–water partition coefficient (Wildman–Crippen LogP) is 1.81. The van der Waals surface area contributed by atoms with E-state index in [1.54, 1.807) is 0 Å². The van der Waals surface area contributed by atoms with Crippen molar-refractivity contribution >= 4 is 5.91 Å². The van der Waals surface area contributed by atoms with Crippen LogP contribution in [0.25, 0.3) is 0 Å². The molecule has 1 amide bonds. The van der Waals surface area contributed by atoms with Gasteiger partial charge in [0.05, 0.1) is 6.42 Å². The van der Waals surface area contributed by atoms with Gasteiger partial charge in [-0.1, -0.05) is 24.3 Å². The Kier molecular flexibility index (Phi) is 4.37. The quantitative estimate of drug-likeness (QED) is 0.805. The van der Waals surface area contributed by atoms with Gasteiger partial charge in [-0.05, 0) is 43.2 Å². The van der Waals surface area contributed by atoms with Crippen LogP contribution in [0.15, 0.2) is 24.3 Å². The summed E-state index contributed by atoms with van der Waals surface area (Å²) in [6, 6.07) is 8.12. The molecule has 18 heavy (non-hydrogen) atoms. The smallest absolute Gasteiger partial charge is 0.224 e. The normalized spacial score (nSPS) is 16.3. The average molecular weight is 247 g/mol. The lowest BCUT2D eigenvalue weighted by Crippen LogP contribution is -2.38. The molecule has 1 atom stereocenters. The lowest BCUT2D eigenvalue weighted by molar-refractivity contribution is -0.121. The van der Waals surface area contributed by atoms with Gasteiger partial charge in [0.1, 0.15) is 0 Å². The third-order valence-corrected chi connectivity index (χ3v) is 3.59. The van der Waals surface area contributed by atoms with Crippen molar-refractivity contribution < 1.29 is 9.90 Å². The number of aliphatic hydroxyl groups excluding tert-OH is 1. The Morgan fingerprint density at radius 3 is 2.78 bits per heavy atom. The van der Waals surface area contributed by atoms with E-state index in [2.05, 4.69) is 5.32 Å². The summed E-state index contributed by atoms with van der Waals surface area (Å²) in [7, 11) is 0. The van der Waals surface area contributed by atoms with Gasteiger partial charge in [-0.2, -0.15) is 0 Å². The number of aryl methyl sites for hydroxylation is 1. The third kappa shape index (κ3) is 3.57. The van der Waals surface area contributed by atoms with Crippen molar-refractivity contribution in [3.63, 3.8) is 0 Å². The molecule has 1 saturated carbocycles. The molecule has 1 aromatic rings. The van der Waals surface area contributed by atoms with Gasteiger partial charge < -0.3 is 10.4 Å². The second-order valence-electron chi connectivity index (χ2n) is 5.13. The molecule has 0 heterocycles. The molecule has 1 fully saturated rings. The van der Waals surface area contributed by atoms with Crippen molar-refractivity contribution in [2.24, 2.45) is 5.92 Å². The fourth-order valence-corrected chi connectivity index (χ4v) is 2.30. The molecule has 0 bridgehead atoms. The van der Waals surface area contributed by atoms with Crippen molar-refractivity contribution in [2.75, 3.05) is 6.61 Å². The number of amides is 1. The summed E-state index contributed by atoms with van der Waals surface area (Å²) < 4.78 is 0. The lowest BCUT2D eigenvalue weighted by Gasteiger charge is -2.17. The van der Waals surface area contributed by atoms with Crippen LogP contribution in [0.4, 0.5) is 0 Å². The van der Waals surface area contributed by atoms with E-state index in [0.717, 1.165) is 11.1 Å². The molecule has 1 unspecified atom stereocenters. The summed E-state index contributed by atoms with van der Waals surface area (Å²) in [5, 5.41) is 12.1. The van der Waals surface area contributed by atoms with Crippen LogP contribution in [0.5, 0.6) is 0 Å². The van der Waals surface area contributed by atoms with Crippen molar-refractivity contribution in [1.29, 1.82) is 0 Å². The maximum Gasteiger partial charge on any atom is 0.224 e. The van der Waals surface area contributed by atoms with Crippen LogP contribution in [-0.2, 0) is 11.2 Å². The molecule has 1 aliphatic carbocycles. The zero-order valence-corrected chi connectivity index (χ0v) is 10.9. The summed E-state index contributed by atoms with van der Waals surface area (Å²) in [6.07, 6.45) is 3.45. The van der Waals surface area contributed by atoms with Crippen molar-refractivity contribution in [3.8, 4) is 0 Å². The highest BCUT2D eigenvalue weighted by atomic mass is 16.3. The second kappa shape index (κ2) is 6.01. The molecule has 0 saturated heterocycles. The van der Waals surface area contributed by atoms with E-state index in [0.29, 0.717) is 18.8 Å². The van der Waals surface area contributed by atoms with Gasteiger partial charge in [0.15, 0.2) is 0 Å². The number of hydrogen-bond acceptors (Lipinski definition) is 2. The first kappa shape index (κ1) is 13.1. The molecule has 98 valence electrons. The fourth-order valence-electron chi connectivity index (χ4n) is 2.30. The fraction of sp³-hybridized carbons (Fsp3) is 0.533. The highest BCUT2D eigenvalue weighted by Crippen LogP contribution is 2.33. The van der Waals surface area contributed by atoms with E-state index < -0.39 is 0 Å². The molecule has 2 rings (SSSR count). The molecule has 1 aliphatic rings. The Bertz CT molecular complexity index is 413. The van der Waals surface area contributed by atoms with Crippen LogP contribution in [0, 0.1) is 12.8 Å². The van der Waals surface area contributed by atoms with Crippen LogP contribution in [-0.4, -0.2) is 23.7 Å². The molecule has 2 N–H and O–H groups in total. The minimum atomic E-state index is 0.0645. The van der Waals surface area contributed by atoms with E-state index in [-0.39, 0.29) is 18.6 Å². The van der Waals surface area contributed by atoms with Crippen LogP contribution in [0.1, 0.15) is 30.4 Å². The Morgan fingerprint density at radius 2 is 2.17 bits per heavy atom. The maximum atomic E-state index is 12.0. The first-order chi connectivity index (χ1) is 8.70. The zero-order valence-electron chi connectivity index (χ0n) is 10.9. The summed E-state index contributed by atoms with van der Waals surface area (Å²) >= 11 is 0. The first-order valence-corrected chi connectivity index (χ1v) is 6.65. The molecular weight excluding hydrogens is 226 g/mol. The van der Waals surface area contributed by atoms with Gasteiger partial charge in [0.2, 0.25) is 5.91 Å². The monoisotopic (exact) mass is 247 g/mol. The van der Waals surface area contributed by atoms with Gasteiger partial charge in [0, 0.05) is 12.6 Å². The number of hydrogen-bond donors (Lipinski definition) is 2. The van der Waals surface area contributed by atoms with Gasteiger partial charge in [-0.15, -0.1) is 0 Å². The van der Waals surface area contributed by atoms with E-state index in [4.69, 9.17) is 5.11 Å². The van der Waals surface area contributed by atoms with E-state index in [9.17, 15) is 4.79 Å². The van der Waals surface area contributed by atoms with Crippen molar-refractivity contribution in [1.82, 2.24) is 5.32 Å². The highest BCUT2D eigenvalue weighted by Gasteiger charge is 2.31. The minimum absolute atomic E-state index is 0.0645. The molecule has 3 heteroatoms. The van der Waals surface area contributed by atoms with Gasteiger partial charge in [-0.25, -0.2) is 0 Å². The number of carbonyl (C=O) groups is 1. The third-order valence-electron chi connectivity index (χ3n) is 3.59. The Hall–Kier alpha value is -1.35. The maximum absolute atomic E-state index is 12.0. The zero-order chi connectivity index (χ0) is 13.0. The Morgan fingerprint density at radius 1 is 1.44 bits per heavy atom. The molecule has 0 spiro atoms. The molecule has 3 nitrogen and oxygen atoms in total. The summed E-state index contributed by atoms with van der Waals surface area (Å²) in [6.45, 7) is 2.17. The second-order valence-corrected chi connectivity index (χ2v) is 5.13. The Balaban J connectivity index is 1.89. The SMILES string of the molecule is Cc1ccccc1CC(=O)NC(CCO)C1CC1. The van der Waals surface area contributed by atoms with Crippen LogP contribution >= 0.6 is 0 Å². The van der Waals surface area contributed by atoms with Crippen LogP contribution in [0.3, 0.4) is 0 Å². The summed E-state index contributed by atoms with van der Waals surface area (Å²) in [5.41, 5.74) is 2.23. The topological polar surface area (TPSA) is 49.3 Å². The van der Waals surface area contributed by atoms with Crippen molar-refractivity contribution in [3.05, 3.63) is 35.4 Å². The molecule has 0 radical (unpaired) electrons. The summed E-state index contributed by atoms with van der Waals surface area (Å²) in [5.74, 6) is 0.646. The number of nitrogens with one attached hydrogen (secondary N) is 1. The number of benzene rings is 1. The minimum Gasteiger partial charge on any atom is -0.396 e. The molecule has 0 aliphatic heterocycles. The number of aliphatic hydroxyl groups is 1. The Labute approximate surface area is 108 Å². The van der Waals surface area contributed by atoms with Crippen molar-refractivity contribution in [2.45, 2.75) is 38.6 Å². The number of rotatable bonds is 6. The predicted molar refractivity (Wildman–Crippen MR) is 71.2 cm³/mol. The standard InChI is InChI=1S/C15H21NO2/c1-11-4-2-3-5-13(11)10-15(18)16-14(8-9-17)12-6-7-12/h2-5,12,14,17H,6-10H2,1H3,(H,16,18). The van der Waals surface area contributed by atoms with Crippen LogP contribution in [0.2, 0.25) is 0 Å². The van der Waals surface area contributed by atoms with Gasteiger partial charge >= 0.3 is 0 Å². The summed E-state index contributed by atoms with van der Waals surface area (Å²) in [4.78, 5) is 12.0. The average Bonchev–Trinajstić information content (AvgIpc) is 3.16.